The number of hydrogen-bond donors (Lipinski definition) is 2. The predicted molar refractivity (Wildman–Crippen MR) is 74.9 cm³/mol. The lowest BCUT2D eigenvalue weighted by atomic mass is 10.0. The van der Waals surface area contributed by atoms with Gasteiger partial charge in [0.1, 0.15) is 6.04 Å². The van der Waals surface area contributed by atoms with Crippen LogP contribution in [-0.2, 0) is 9.59 Å². The molecule has 5 heteroatoms. The van der Waals surface area contributed by atoms with Crippen molar-refractivity contribution in [2.45, 2.75) is 19.9 Å². The molecule has 2 N–H and O–H groups in total. The van der Waals surface area contributed by atoms with Crippen LogP contribution in [0.1, 0.15) is 19.4 Å². The molecule has 0 aliphatic heterocycles. The molecule has 1 aromatic carbocycles. The van der Waals surface area contributed by atoms with Crippen LogP contribution in [0.2, 0.25) is 5.02 Å². The smallest absolute Gasteiger partial charge is 0.326 e. The van der Waals surface area contributed by atoms with Gasteiger partial charge < -0.3 is 10.4 Å². The van der Waals surface area contributed by atoms with Gasteiger partial charge in [-0.05, 0) is 29.7 Å². The fraction of sp³-hybridized carbons (Fsp3) is 0.286. The summed E-state index contributed by atoms with van der Waals surface area (Å²) in [6.45, 7) is 3.48. The minimum atomic E-state index is -1.04. The molecular formula is C14H16ClNO3. The highest BCUT2D eigenvalue weighted by molar-refractivity contribution is 6.30. The third kappa shape index (κ3) is 5.14. The maximum Gasteiger partial charge on any atom is 0.326 e. The molecule has 1 atom stereocenters. The molecule has 0 aliphatic carbocycles. The number of nitrogens with one attached hydrogen (secondary N) is 1. The van der Waals surface area contributed by atoms with Gasteiger partial charge >= 0.3 is 5.97 Å². The Kier molecular flexibility index (Phi) is 5.57. The molecule has 0 bridgehead atoms. The van der Waals surface area contributed by atoms with Crippen molar-refractivity contribution in [3.8, 4) is 0 Å². The number of carbonyl (C=O) groups excluding carboxylic acids is 1. The average Bonchev–Trinajstić information content (AvgIpc) is 2.34. The van der Waals surface area contributed by atoms with Crippen LogP contribution in [0, 0.1) is 5.92 Å². The van der Waals surface area contributed by atoms with Crippen LogP contribution in [0.25, 0.3) is 6.08 Å². The Labute approximate surface area is 117 Å². The molecular weight excluding hydrogens is 266 g/mol. The van der Waals surface area contributed by atoms with E-state index in [-0.39, 0.29) is 5.92 Å². The summed E-state index contributed by atoms with van der Waals surface area (Å²) < 4.78 is 0. The van der Waals surface area contributed by atoms with Crippen molar-refractivity contribution in [3.05, 3.63) is 40.9 Å². The average molecular weight is 282 g/mol. The van der Waals surface area contributed by atoms with Crippen molar-refractivity contribution >= 4 is 29.6 Å². The second-order valence-electron chi connectivity index (χ2n) is 4.45. The summed E-state index contributed by atoms with van der Waals surface area (Å²) in [6.07, 6.45) is 2.91. The van der Waals surface area contributed by atoms with Gasteiger partial charge in [0.05, 0.1) is 0 Å². The highest BCUT2D eigenvalue weighted by Crippen LogP contribution is 2.10. The summed E-state index contributed by atoms with van der Waals surface area (Å²) >= 11 is 5.74. The quantitative estimate of drug-likeness (QED) is 0.815. The molecule has 0 saturated heterocycles. The van der Waals surface area contributed by atoms with Crippen LogP contribution in [0.4, 0.5) is 0 Å². The van der Waals surface area contributed by atoms with Gasteiger partial charge in [-0.15, -0.1) is 0 Å². The summed E-state index contributed by atoms with van der Waals surface area (Å²) in [5, 5.41) is 12.0. The minimum absolute atomic E-state index is 0.176. The van der Waals surface area contributed by atoms with E-state index in [0.29, 0.717) is 5.02 Å². The van der Waals surface area contributed by atoms with Gasteiger partial charge in [0.2, 0.25) is 5.91 Å². The topological polar surface area (TPSA) is 66.4 Å². The summed E-state index contributed by atoms with van der Waals surface area (Å²) in [4.78, 5) is 22.5. The van der Waals surface area contributed by atoms with E-state index in [1.807, 2.05) is 0 Å². The third-order valence-corrected chi connectivity index (χ3v) is 2.78. The highest BCUT2D eigenvalue weighted by atomic mass is 35.5. The Morgan fingerprint density at radius 2 is 1.84 bits per heavy atom. The first kappa shape index (κ1) is 15.2. The number of carboxylic acid groups (broad SMARTS) is 1. The number of amides is 1. The second kappa shape index (κ2) is 6.95. The van der Waals surface area contributed by atoms with E-state index in [9.17, 15) is 9.59 Å². The molecule has 0 unspecified atom stereocenters. The zero-order chi connectivity index (χ0) is 14.4. The van der Waals surface area contributed by atoms with Gasteiger partial charge in [0, 0.05) is 11.1 Å². The van der Waals surface area contributed by atoms with Crippen molar-refractivity contribution in [1.82, 2.24) is 5.32 Å². The lowest BCUT2D eigenvalue weighted by molar-refractivity contribution is -0.142. The van der Waals surface area contributed by atoms with Crippen molar-refractivity contribution in [2.75, 3.05) is 0 Å². The number of carbonyl (C=O) groups is 2. The molecule has 102 valence electrons. The van der Waals surface area contributed by atoms with Crippen LogP contribution in [0.5, 0.6) is 0 Å². The van der Waals surface area contributed by atoms with Gasteiger partial charge in [0.15, 0.2) is 0 Å². The van der Waals surface area contributed by atoms with Gasteiger partial charge in [-0.25, -0.2) is 4.79 Å². The van der Waals surface area contributed by atoms with Crippen LogP contribution < -0.4 is 5.32 Å². The second-order valence-corrected chi connectivity index (χ2v) is 4.89. The Bertz CT molecular complexity index is 480. The molecule has 19 heavy (non-hydrogen) atoms. The molecule has 0 aliphatic rings. The van der Waals surface area contributed by atoms with Crippen LogP contribution in [-0.4, -0.2) is 23.0 Å². The van der Waals surface area contributed by atoms with Crippen LogP contribution >= 0.6 is 11.6 Å². The number of benzene rings is 1. The SMILES string of the molecule is CC(C)[C@@H](NC(=O)/C=C\c1ccc(Cl)cc1)C(=O)O. The van der Waals surface area contributed by atoms with E-state index >= 15 is 0 Å². The van der Waals surface area contributed by atoms with Crippen LogP contribution in [0.15, 0.2) is 30.3 Å². The zero-order valence-corrected chi connectivity index (χ0v) is 11.5. The number of rotatable bonds is 5. The third-order valence-electron chi connectivity index (χ3n) is 2.53. The minimum Gasteiger partial charge on any atom is -0.480 e. The summed E-state index contributed by atoms with van der Waals surface area (Å²) in [5.41, 5.74) is 0.816. The summed E-state index contributed by atoms with van der Waals surface area (Å²) in [5.74, 6) is -1.65. The van der Waals surface area contributed by atoms with E-state index in [0.717, 1.165) is 5.56 Å². The fourth-order valence-electron chi connectivity index (χ4n) is 1.46. The Hall–Kier alpha value is -1.81. The van der Waals surface area contributed by atoms with Gasteiger partial charge in [-0.1, -0.05) is 37.6 Å². The largest absolute Gasteiger partial charge is 0.480 e. The molecule has 0 spiro atoms. The maximum atomic E-state index is 11.6. The Morgan fingerprint density at radius 1 is 1.26 bits per heavy atom. The molecule has 0 fully saturated rings. The van der Waals surface area contributed by atoms with E-state index in [2.05, 4.69) is 5.32 Å². The monoisotopic (exact) mass is 281 g/mol. The molecule has 1 amide bonds. The van der Waals surface area contributed by atoms with E-state index in [1.165, 1.54) is 6.08 Å². The fourth-order valence-corrected chi connectivity index (χ4v) is 1.59. The summed E-state index contributed by atoms with van der Waals surface area (Å²) in [6, 6.07) is 6.08. The van der Waals surface area contributed by atoms with Crippen molar-refractivity contribution < 1.29 is 14.7 Å². The predicted octanol–water partition coefficient (Wildman–Crippen LogP) is 2.58. The Balaban J connectivity index is 2.64. The number of aliphatic carboxylic acids is 1. The first-order valence-electron chi connectivity index (χ1n) is 5.87. The summed E-state index contributed by atoms with van der Waals surface area (Å²) in [7, 11) is 0. The standard InChI is InChI=1S/C14H16ClNO3/c1-9(2)13(14(18)19)16-12(17)8-5-10-3-6-11(15)7-4-10/h3-9,13H,1-2H3,(H,16,17)(H,18,19)/b8-5-/t13-/m1/s1. The molecule has 4 nitrogen and oxygen atoms in total. The van der Waals surface area contributed by atoms with E-state index in [4.69, 9.17) is 16.7 Å². The first-order chi connectivity index (χ1) is 8.90. The number of hydrogen-bond acceptors (Lipinski definition) is 2. The van der Waals surface area contributed by atoms with Crippen LogP contribution in [0.3, 0.4) is 0 Å². The lowest BCUT2D eigenvalue weighted by Crippen LogP contribution is -2.43. The van der Waals surface area contributed by atoms with Gasteiger partial charge in [-0.3, -0.25) is 4.79 Å². The Morgan fingerprint density at radius 3 is 2.32 bits per heavy atom. The number of halogens is 1. The van der Waals surface area contributed by atoms with Crippen molar-refractivity contribution in [1.29, 1.82) is 0 Å². The van der Waals surface area contributed by atoms with E-state index < -0.39 is 17.9 Å². The molecule has 0 aromatic heterocycles. The first-order valence-corrected chi connectivity index (χ1v) is 6.25. The van der Waals surface area contributed by atoms with Crippen molar-refractivity contribution in [3.63, 3.8) is 0 Å². The van der Waals surface area contributed by atoms with E-state index in [1.54, 1.807) is 44.2 Å². The lowest BCUT2D eigenvalue weighted by Gasteiger charge is -2.16. The molecule has 1 rings (SSSR count). The molecule has 0 radical (unpaired) electrons. The zero-order valence-electron chi connectivity index (χ0n) is 10.8. The number of carboxylic acids is 1. The molecule has 1 aromatic rings. The maximum absolute atomic E-state index is 11.6. The highest BCUT2D eigenvalue weighted by Gasteiger charge is 2.22. The molecule has 0 saturated carbocycles. The normalized spacial score (nSPS) is 12.6. The van der Waals surface area contributed by atoms with Gasteiger partial charge in [-0.2, -0.15) is 0 Å². The van der Waals surface area contributed by atoms with Crippen molar-refractivity contribution in [2.24, 2.45) is 5.92 Å². The molecule has 0 heterocycles. The van der Waals surface area contributed by atoms with Gasteiger partial charge in [0.25, 0.3) is 0 Å².